The van der Waals surface area contributed by atoms with Crippen LogP contribution in [0.25, 0.3) is 11.1 Å². The van der Waals surface area contributed by atoms with Crippen molar-refractivity contribution in [3.8, 4) is 0 Å². The van der Waals surface area contributed by atoms with E-state index >= 15 is 0 Å². The highest BCUT2D eigenvalue weighted by Gasteiger charge is 2.29. The molecule has 2 unspecified atom stereocenters. The number of oxazole rings is 1. The average molecular weight is 288 g/mol. The second kappa shape index (κ2) is 5.06. The standard InChI is InChI=1S/C16H20N2O3/c1-10-5-4-6-11(2)18(10)15(19)12-7-8-14-13(9-12)17(3)16(20)21-14/h7-11H,4-6H2,1-3H3. The van der Waals surface area contributed by atoms with Gasteiger partial charge in [0.15, 0.2) is 5.58 Å². The number of nitrogens with zero attached hydrogens (tertiary/aromatic N) is 2. The number of rotatable bonds is 1. The molecule has 1 fully saturated rings. The lowest BCUT2D eigenvalue weighted by atomic mass is 9.96. The maximum atomic E-state index is 12.8. The van der Waals surface area contributed by atoms with Crippen LogP contribution in [0.1, 0.15) is 43.5 Å². The van der Waals surface area contributed by atoms with Gasteiger partial charge in [0.2, 0.25) is 0 Å². The molecule has 2 heterocycles. The van der Waals surface area contributed by atoms with E-state index in [1.807, 2.05) is 4.90 Å². The molecule has 1 aromatic carbocycles. The average Bonchev–Trinajstić information content (AvgIpc) is 2.73. The van der Waals surface area contributed by atoms with Gasteiger partial charge in [0.05, 0.1) is 5.52 Å². The Kier molecular flexibility index (Phi) is 3.35. The molecule has 1 amide bonds. The van der Waals surface area contributed by atoms with Crippen LogP contribution >= 0.6 is 0 Å². The maximum absolute atomic E-state index is 12.8. The lowest BCUT2D eigenvalue weighted by molar-refractivity contribution is 0.0511. The Morgan fingerprint density at radius 2 is 1.90 bits per heavy atom. The maximum Gasteiger partial charge on any atom is 0.419 e. The number of carbonyl (C=O) groups excluding carboxylic acids is 1. The van der Waals surface area contributed by atoms with Crippen LogP contribution in [0.15, 0.2) is 27.4 Å². The van der Waals surface area contributed by atoms with E-state index in [0.29, 0.717) is 16.7 Å². The lowest BCUT2D eigenvalue weighted by Crippen LogP contribution is -2.47. The summed E-state index contributed by atoms with van der Waals surface area (Å²) in [5.41, 5.74) is 1.78. The highest BCUT2D eigenvalue weighted by Crippen LogP contribution is 2.25. The molecule has 0 aliphatic carbocycles. The van der Waals surface area contributed by atoms with Crippen LogP contribution in [0.5, 0.6) is 0 Å². The summed E-state index contributed by atoms with van der Waals surface area (Å²) in [6.07, 6.45) is 3.26. The molecule has 0 saturated carbocycles. The zero-order chi connectivity index (χ0) is 15.1. The fourth-order valence-corrected chi connectivity index (χ4v) is 3.23. The molecule has 1 aliphatic heterocycles. The number of aryl methyl sites for hydroxylation is 1. The first kappa shape index (κ1) is 13.9. The Hall–Kier alpha value is -2.04. The quantitative estimate of drug-likeness (QED) is 0.810. The Labute approximate surface area is 123 Å². The minimum absolute atomic E-state index is 0.0326. The Bertz CT molecular complexity index is 734. The molecule has 5 nitrogen and oxygen atoms in total. The van der Waals surface area contributed by atoms with E-state index in [1.165, 1.54) is 11.0 Å². The summed E-state index contributed by atoms with van der Waals surface area (Å²) >= 11 is 0. The van der Waals surface area contributed by atoms with E-state index in [0.717, 1.165) is 12.8 Å². The van der Waals surface area contributed by atoms with E-state index in [2.05, 4.69) is 13.8 Å². The summed E-state index contributed by atoms with van der Waals surface area (Å²) < 4.78 is 6.53. The minimum atomic E-state index is -0.408. The van der Waals surface area contributed by atoms with Gasteiger partial charge in [-0.05, 0) is 51.3 Å². The SMILES string of the molecule is CC1CCCC(C)N1C(=O)c1ccc2oc(=O)n(C)c2c1. The molecule has 1 aliphatic rings. The zero-order valence-electron chi connectivity index (χ0n) is 12.6. The van der Waals surface area contributed by atoms with Crippen molar-refractivity contribution in [1.82, 2.24) is 9.47 Å². The summed E-state index contributed by atoms with van der Waals surface area (Å²) in [5.74, 6) is -0.375. The number of carbonyl (C=O) groups is 1. The van der Waals surface area contributed by atoms with Crippen LogP contribution < -0.4 is 5.76 Å². The zero-order valence-corrected chi connectivity index (χ0v) is 12.6. The molecular formula is C16H20N2O3. The molecule has 2 atom stereocenters. The largest absolute Gasteiger partial charge is 0.419 e. The van der Waals surface area contributed by atoms with Gasteiger partial charge in [0, 0.05) is 24.7 Å². The highest BCUT2D eigenvalue weighted by molar-refractivity contribution is 5.97. The smallest absolute Gasteiger partial charge is 0.408 e. The van der Waals surface area contributed by atoms with E-state index < -0.39 is 5.76 Å². The fourth-order valence-electron chi connectivity index (χ4n) is 3.23. The number of benzene rings is 1. The third-order valence-electron chi connectivity index (χ3n) is 4.47. The third-order valence-corrected chi connectivity index (χ3v) is 4.47. The summed E-state index contributed by atoms with van der Waals surface area (Å²) in [7, 11) is 1.65. The highest BCUT2D eigenvalue weighted by atomic mass is 16.4. The normalized spacial score (nSPS) is 22.7. The van der Waals surface area contributed by atoms with Gasteiger partial charge in [0.25, 0.3) is 5.91 Å². The molecule has 0 N–H and O–H groups in total. The first-order valence-electron chi connectivity index (χ1n) is 7.41. The van der Waals surface area contributed by atoms with Crippen LogP contribution in [0.3, 0.4) is 0 Å². The Balaban J connectivity index is 2.01. The first-order chi connectivity index (χ1) is 9.99. The fraction of sp³-hybridized carbons (Fsp3) is 0.500. The topological polar surface area (TPSA) is 55.5 Å². The van der Waals surface area contributed by atoms with E-state index in [1.54, 1.807) is 25.2 Å². The van der Waals surface area contributed by atoms with E-state index in [-0.39, 0.29) is 18.0 Å². The van der Waals surface area contributed by atoms with Crippen LogP contribution in [0.4, 0.5) is 0 Å². The van der Waals surface area contributed by atoms with Crippen LogP contribution in [0.2, 0.25) is 0 Å². The van der Waals surface area contributed by atoms with Gasteiger partial charge in [-0.15, -0.1) is 0 Å². The monoisotopic (exact) mass is 288 g/mol. The van der Waals surface area contributed by atoms with Crippen molar-refractivity contribution in [3.05, 3.63) is 34.3 Å². The molecule has 21 heavy (non-hydrogen) atoms. The van der Waals surface area contributed by atoms with Crippen molar-refractivity contribution >= 4 is 17.0 Å². The predicted octanol–water partition coefficient (Wildman–Crippen LogP) is 2.53. The van der Waals surface area contributed by atoms with Gasteiger partial charge in [-0.1, -0.05) is 0 Å². The molecule has 1 aromatic heterocycles. The second-order valence-electron chi connectivity index (χ2n) is 5.95. The van der Waals surface area contributed by atoms with Gasteiger partial charge in [-0.25, -0.2) is 4.79 Å². The predicted molar refractivity (Wildman–Crippen MR) is 80.4 cm³/mol. The van der Waals surface area contributed by atoms with Gasteiger partial charge in [-0.3, -0.25) is 9.36 Å². The Morgan fingerprint density at radius 3 is 2.57 bits per heavy atom. The van der Waals surface area contributed by atoms with Crippen molar-refractivity contribution < 1.29 is 9.21 Å². The summed E-state index contributed by atoms with van der Waals surface area (Å²) in [6, 6.07) is 5.69. The molecule has 2 aromatic rings. The number of hydrogen-bond donors (Lipinski definition) is 0. The molecule has 3 rings (SSSR count). The number of amides is 1. The van der Waals surface area contributed by atoms with Gasteiger partial charge in [-0.2, -0.15) is 0 Å². The molecule has 5 heteroatoms. The van der Waals surface area contributed by atoms with Gasteiger partial charge < -0.3 is 9.32 Å². The number of likely N-dealkylation sites (tertiary alicyclic amines) is 1. The van der Waals surface area contributed by atoms with Crippen molar-refractivity contribution in [2.24, 2.45) is 7.05 Å². The molecule has 1 saturated heterocycles. The van der Waals surface area contributed by atoms with E-state index in [9.17, 15) is 9.59 Å². The molecule has 0 bridgehead atoms. The van der Waals surface area contributed by atoms with Crippen LogP contribution in [-0.2, 0) is 7.05 Å². The molecule has 0 spiro atoms. The van der Waals surface area contributed by atoms with Crippen molar-refractivity contribution in [2.75, 3.05) is 0 Å². The number of piperidine rings is 1. The Morgan fingerprint density at radius 1 is 1.24 bits per heavy atom. The second-order valence-corrected chi connectivity index (χ2v) is 5.95. The van der Waals surface area contributed by atoms with Gasteiger partial charge in [0.1, 0.15) is 0 Å². The minimum Gasteiger partial charge on any atom is -0.408 e. The lowest BCUT2D eigenvalue weighted by Gasteiger charge is -2.39. The van der Waals surface area contributed by atoms with Crippen molar-refractivity contribution in [3.63, 3.8) is 0 Å². The number of aromatic nitrogens is 1. The number of fused-ring (bicyclic) bond motifs is 1. The first-order valence-corrected chi connectivity index (χ1v) is 7.41. The van der Waals surface area contributed by atoms with E-state index in [4.69, 9.17) is 4.42 Å². The van der Waals surface area contributed by atoms with Crippen LogP contribution in [0, 0.1) is 0 Å². The summed E-state index contributed by atoms with van der Waals surface area (Å²) in [6.45, 7) is 4.19. The third kappa shape index (κ3) is 2.26. The summed E-state index contributed by atoms with van der Waals surface area (Å²) in [5, 5.41) is 0. The molecule has 112 valence electrons. The van der Waals surface area contributed by atoms with Crippen molar-refractivity contribution in [1.29, 1.82) is 0 Å². The number of hydrogen-bond acceptors (Lipinski definition) is 3. The summed E-state index contributed by atoms with van der Waals surface area (Å²) in [4.78, 5) is 26.3. The molecular weight excluding hydrogens is 268 g/mol. The van der Waals surface area contributed by atoms with Gasteiger partial charge >= 0.3 is 5.76 Å². The van der Waals surface area contributed by atoms with Crippen LogP contribution in [-0.4, -0.2) is 27.5 Å². The molecule has 0 radical (unpaired) electrons. The van der Waals surface area contributed by atoms with Crippen molar-refractivity contribution in [2.45, 2.75) is 45.2 Å².